The molecule has 3 N–H and O–H groups in total. The first-order valence-corrected chi connectivity index (χ1v) is 7.24. The molecular weight excluding hydrogens is 297 g/mol. The van der Waals surface area contributed by atoms with Gasteiger partial charge in [0.05, 0.1) is 23.5 Å². The fraction of sp³-hybridized carbons (Fsp3) is 0.176. The highest BCUT2D eigenvalue weighted by Gasteiger charge is 2.13. The van der Waals surface area contributed by atoms with Crippen molar-refractivity contribution in [2.45, 2.75) is 19.4 Å². The van der Waals surface area contributed by atoms with E-state index in [0.717, 1.165) is 11.0 Å². The number of fused-ring (bicyclic) bond motifs is 1. The summed E-state index contributed by atoms with van der Waals surface area (Å²) < 4.78 is 13.4. The second-order valence-electron chi connectivity index (χ2n) is 5.38. The van der Waals surface area contributed by atoms with E-state index in [1.54, 1.807) is 13.0 Å². The van der Waals surface area contributed by atoms with Crippen LogP contribution in [0.5, 0.6) is 5.75 Å². The maximum absolute atomic E-state index is 13.4. The van der Waals surface area contributed by atoms with E-state index in [4.69, 9.17) is 0 Å². The average Bonchev–Trinajstić information content (AvgIpc) is 2.91. The molecule has 0 aliphatic rings. The molecule has 0 unspecified atom stereocenters. The minimum atomic E-state index is -0.708. The Hall–Kier alpha value is -2.89. The quantitative estimate of drug-likeness (QED) is 0.693. The molecule has 1 aromatic heterocycles. The van der Waals surface area contributed by atoms with Crippen LogP contribution in [0.15, 0.2) is 42.5 Å². The minimum absolute atomic E-state index is 0.111. The van der Waals surface area contributed by atoms with Crippen LogP contribution in [0.3, 0.4) is 0 Å². The van der Waals surface area contributed by atoms with Gasteiger partial charge in [0.1, 0.15) is 5.82 Å². The number of aromatic amines is 1. The highest BCUT2D eigenvalue weighted by Crippen LogP contribution is 2.20. The predicted octanol–water partition coefficient (Wildman–Crippen LogP) is 2.83. The van der Waals surface area contributed by atoms with Crippen LogP contribution in [-0.4, -0.2) is 21.0 Å². The van der Waals surface area contributed by atoms with Gasteiger partial charge in [-0.2, -0.15) is 0 Å². The second kappa shape index (κ2) is 6.08. The molecule has 1 amide bonds. The molecular formula is C17H16FN3O2. The third-order valence-corrected chi connectivity index (χ3v) is 3.62. The standard InChI is InChI=1S/C17H16FN3O2/c1-10(11-6-7-15(22)12(18)8-11)19-17(23)9-16-20-13-4-2-3-5-14(13)21-16/h2-8,10,22H,9H2,1H3,(H,19,23)(H,20,21)/t10-/m0/s1. The number of H-pyrrole nitrogens is 1. The number of phenols is 1. The average molecular weight is 313 g/mol. The summed E-state index contributed by atoms with van der Waals surface area (Å²) in [4.78, 5) is 19.6. The van der Waals surface area contributed by atoms with E-state index in [2.05, 4.69) is 15.3 Å². The van der Waals surface area contributed by atoms with E-state index in [-0.39, 0.29) is 18.4 Å². The Balaban J connectivity index is 1.67. The van der Waals surface area contributed by atoms with Gasteiger partial charge in [-0.15, -0.1) is 0 Å². The number of hydrogen-bond donors (Lipinski definition) is 3. The third-order valence-electron chi connectivity index (χ3n) is 3.62. The van der Waals surface area contributed by atoms with Gasteiger partial charge in [-0.1, -0.05) is 18.2 Å². The van der Waals surface area contributed by atoms with Gasteiger partial charge in [0, 0.05) is 0 Å². The lowest BCUT2D eigenvalue weighted by Crippen LogP contribution is -2.28. The Kier molecular flexibility index (Phi) is 3.97. The molecule has 0 saturated carbocycles. The maximum Gasteiger partial charge on any atom is 0.228 e. The van der Waals surface area contributed by atoms with Gasteiger partial charge < -0.3 is 15.4 Å². The first kappa shape index (κ1) is 15.0. The fourth-order valence-electron chi connectivity index (χ4n) is 2.41. The zero-order chi connectivity index (χ0) is 16.4. The summed E-state index contributed by atoms with van der Waals surface area (Å²) in [5, 5.41) is 12.0. The molecule has 2 aromatic carbocycles. The first-order valence-electron chi connectivity index (χ1n) is 7.24. The van der Waals surface area contributed by atoms with E-state index in [1.165, 1.54) is 12.1 Å². The smallest absolute Gasteiger partial charge is 0.228 e. The summed E-state index contributed by atoms with van der Waals surface area (Å²) >= 11 is 0. The zero-order valence-corrected chi connectivity index (χ0v) is 12.5. The van der Waals surface area contributed by atoms with Gasteiger partial charge in [-0.3, -0.25) is 4.79 Å². The predicted molar refractivity (Wildman–Crippen MR) is 84.4 cm³/mol. The number of rotatable bonds is 4. The fourth-order valence-corrected chi connectivity index (χ4v) is 2.41. The molecule has 6 heteroatoms. The molecule has 0 radical (unpaired) electrons. The van der Waals surface area contributed by atoms with Crippen LogP contribution in [0, 0.1) is 5.82 Å². The van der Waals surface area contributed by atoms with Crippen LogP contribution in [-0.2, 0) is 11.2 Å². The lowest BCUT2D eigenvalue weighted by molar-refractivity contribution is -0.121. The molecule has 1 atom stereocenters. The van der Waals surface area contributed by atoms with Gasteiger partial charge in [-0.05, 0) is 36.8 Å². The van der Waals surface area contributed by atoms with Crippen molar-refractivity contribution in [2.24, 2.45) is 0 Å². The minimum Gasteiger partial charge on any atom is -0.505 e. The number of aromatic hydroxyl groups is 1. The van der Waals surface area contributed by atoms with Crippen LogP contribution >= 0.6 is 0 Å². The molecule has 0 spiro atoms. The summed E-state index contributed by atoms with van der Waals surface area (Å²) in [6, 6.07) is 11.2. The normalized spacial score (nSPS) is 12.3. The number of carbonyl (C=O) groups excluding carboxylic acids is 1. The number of benzene rings is 2. The topological polar surface area (TPSA) is 78.0 Å². The number of aromatic nitrogens is 2. The highest BCUT2D eigenvalue weighted by atomic mass is 19.1. The van der Waals surface area contributed by atoms with Crippen molar-refractivity contribution in [3.63, 3.8) is 0 Å². The number of hydrogen-bond acceptors (Lipinski definition) is 3. The lowest BCUT2D eigenvalue weighted by atomic mass is 10.1. The van der Waals surface area contributed by atoms with Crippen molar-refractivity contribution in [1.82, 2.24) is 15.3 Å². The van der Waals surface area contributed by atoms with Crippen molar-refractivity contribution < 1.29 is 14.3 Å². The molecule has 0 aliphatic heterocycles. The zero-order valence-electron chi connectivity index (χ0n) is 12.5. The van der Waals surface area contributed by atoms with Gasteiger partial charge in [0.2, 0.25) is 5.91 Å². The molecule has 0 fully saturated rings. The molecule has 3 aromatic rings. The van der Waals surface area contributed by atoms with Gasteiger partial charge in [0.15, 0.2) is 11.6 Å². The van der Waals surface area contributed by atoms with Crippen molar-refractivity contribution in [1.29, 1.82) is 0 Å². The van der Waals surface area contributed by atoms with E-state index < -0.39 is 11.6 Å². The van der Waals surface area contributed by atoms with E-state index >= 15 is 0 Å². The number of halogens is 1. The largest absolute Gasteiger partial charge is 0.505 e. The van der Waals surface area contributed by atoms with Crippen LogP contribution in [0.1, 0.15) is 24.4 Å². The summed E-state index contributed by atoms with van der Waals surface area (Å²) in [7, 11) is 0. The third kappa shape index (κ3) is 3.31. The monoisotopic (exact) mass is 313 g/mol. The Morgan fingerprint density at radius 2 is 2.13 bits per heavy atom. The Bertz CT molecular complexity index is 827. The first-order chi connectivity index (χ1) is 11.0. The van der Waals surface area contributed by atoms with Crippen LogP contribution in [0.2, 0.25) is 0 Å². The van der Waals surface area contributed by atoms with Crippen molar-refractivity contribution >= 4 is 16.9 Å². The lowest BCUT2D eigenvalue weighted by Gasteiger charge is -2.14. The SMILES string of the molecule is C[C@H](NC(=O)Cc1nc2ccccc2[nH]1)c1ccc(O)c(F)c1. The van der Waals surface area contributed by atoms with E-state index in [1.807, 2.05) is 24.3 Å². The second-order valence-corrected chi connectivity index (χ2v) is 5.38. The number of phenolic OH excluding ortho intramolecular Hbond substituents is 1. The number of imidazole rings is 1. The molecule has 0 bridgehead atoms. The molecule has 0 saturated heterocycles. The van der Waals surface area contributed by atoms with Gasteiger partial charge in [-0.25, -0.2) is 9.37 Å². The Morgan fingerprint density at radius 3 is 2.87 bits per heavy atom. The maximum atomic E-state index is 13.4. The Labute approximate surface area is 132 Å². The van der Waals surface area contributed by atoms with Crippen LogP contribution in [0.25, 0.3) is 11.0 Å². The number of amides is 1. The highest BCUT2D eigenvalue weighted by molar-refractivity contribution is 5.80. The molecule has 118 valence electrons. The molecule has 3 rings (SSSR count). The Morgan fingerprint density at radius 1 is 1.35 bits per heavy atom. The van der Waals surface area contributed by atoms with Gasteiger partial charge in [0.25, 0.3) is 0 Å². The molecule has 23 heavy (non-hydrogen) atoms. The number of nitrogens with zero attached hydrogens (tertiary/aromatic N) is 1. The van der Waals surface area contributed by atoms with E-state index in [9.17, 15) is 14.3 Å². The van der Waals surface area contributed by atoms with Gasteiger partial charge >= 0.3 is 0 Å². The summed E-state index contributed by atoms with van der Waals surface area (Å²) in [6.45, 7) is 1.75. The van der Waals surface area contributed by atoms with Crippen LogP contribution in [0.4, 0.5) is 4.39 Å². The molecule has 1 heterocycles. The molecule has 0 aliphatic carbocycles. The van der Waals surface area contributed by atoms with E-state index in [0.29, 0.717) is 11.4 Å². The number of carbonyl (C=O) groups is 1. The van der Waals surface area contributed by atoms with Crippen LogP contribution < -0.4 is 5.32 Å². The summed E-state index contributed by atoms with van der Waals surface area (Å²) in [5.41, 5.74) is 2.27. The summed E-state index contributed by atoms with van der Waals surface area (Å²) in [6.07, 6.45) is 0.111. The summed E-state index contributed by atoms with van der Waals surface area (Å²) in [5.74, 6) is -0.756. The van der Waals surface area contributed by atoms with Crippen molar-refractivity contribution in [3.8, 4) is 5.75 Å². The number of nitrogens with one attached hydrogen (secondary N) is 2. The van der Waals surface area contributed by atoms with Crippen molar-refractivity contribution in [3.05, 3.63) is 59.7 Å². The van der Waals surface area contributed by atoms with Crippen molar-refractivity contribution in [2.75, 3.05) is 0 Å². The number of para-hydroxylation sites is 2. The molecule has 5 nitrogen and oxygen atoms in total.